The topological polar surface area (TPSA) is 84.2 Å². The van der Waals surface area contributed by atoms with Gasteiger partial charge in [-0.2, -0.15) is 0 Å². The van der Waals surface area contributed by atoms with Gasteiger partial charge in [-0.25, -0.2) is 17.5 Å². The van der Waals surface area contributed by atoms with Crippen LogP contribution in [0.5, 0.6) is 0 Å². The van der Waals surface area contributed by atoms with Crippen LogP contribution in [0.3, 0.4) is 0 Å². The molecule has 0 saturated heterocycles. The zero-order valence-electron chi connectivity index (χ0n) is 10.7. The van der Waals surface area contributed by atoms with Crippen LogP contribution in [0, 0.1) is 5.82 Å². The summed E-state index contributed by atoms with van der Waals surface area (Å²) < 4.78 is 39.3. The molecule has 0 aliphatic carbocycles. The van der Waals surface area contributed by atoms with E-state index in [1.807, 2.05) is 0 Å². The van der Waals surface area contributed by atoms with Gasteiger partial charge in [0, 0.05) is 11.4 Å². The minimum absolute atomic E-state index is 0.00395. The molecular weight excluding hydrogens is 281 g/mol. The Morgan fingerprint density at radius 1 is 1.15 bits per heavy atom. The van der Waals surface area contributed by atoms with E-state index < -0.39 is 15.8 Å². The summed E-state index contributed by atoms with van der Waals surface area (Å²) in [5, 5.41) is 2.87. The number of hydrogen-bond acceptors (Lipinski definition) is 4. The molecule has 0 atom stereocenters. The van der Waals surface area contributed by atoms with Crippen molar-refractivity contribution in [2.45, 2.75) is 4.90 Å². The van der Waals surface area contributed by atoms with Crippen LogP contribution in [0.1, 0.15) is 0 Å². The van der Waals surface area contributed by atoms with E-state index >= 15 is 0 Å². The highest BCUT2D eigenvalue weighted by molar-refractivity contribution is 7.89. The molecule has 0 aliphatic heterocycles. The van der Waals surface area contributed by atoms with E-state index in [0.29, 0.717) is 17.1 Å². The fourth-order valence-electron chi connectivity index (χ4n) is 1.70. The van der Waals surface area contributed by atoms with Crippen LogP contribution < -0.4 is 15.8 Å². The number of hydrogen-bond donors (Lipinski definition) is 3. The highest BCUT2D eigenvalue weighted by Gasteiger charge is 2.17. The number of halogens is 1. The molecule has 2 rings (SSSR count). The van der Waals surface area contributed by atoms with Gasteiger partial charge in [-0.1, -0.05) is 6.07 Å². The molecular formula is C13H14FN3O2S. The largest absolute Gasteiger partial charge is 0.399 e. The number of rotatable bonds is 4. The minimum Gasteiger partial charge on any atom is -0.399 e. The first-order chi connectivity index (χ1) is 9.42. The Morgan fingerprint density at radius 3 is 2.55 bits per heavy atom. The molecule has 0 fully saturated rings. The van der Waals surface area contributed by atoms with E-state index in [1.165, 1.54) is 37.4 Å². The van der Waals surface area contributed by atoms with Gasteiger partial charge in [0.2, 0.25) is 10.0 Å². The Labute approximate surface area is 116 Å². The van der Waals surface area contributed by atoms with Gasteiger partial charge in [0.1, 0.15) is 10.7 Å². The van der Waals surface area contributed by atoms with E-state index in [0.717, 1.165) is 0 Å². The second-order valence-electron chi connectivity index (χ2n) is 4.10. The smallest absolute Gasteiger partial charge is 0.242 e. The predicted molar refractivity (Wildman–Crippen MR) is 76.8 cm³/mol. The third-order valence-corrected chi connectivity index (χ3v) is 4.12. The quantitative estimate of drug-likeness (QED) is 0.754. The van der Waals surface area contributed by atoms with Crippen LogP contribution in [0.2, 0.25) is 0 Å². The van der Waals surface area contributed by atoms with E-state index in [-0.39, 0.29) is 4.90 Å². The molecule has 2 aromatic rings. The van der Waals surface area contributed by atoms with Crippen molar-refractivity contribution in [3.63, 3.8) is 0 Å². The van der Waals surface area contributed by atoms with Gasteiger partial charge in [0.25, 0.3) is 0 Å². The van der Waals surface area contributed by atoms with Crippen molar-refractivity contribution in [2.24, 2.45) is 0 Å². The summed E-state index contributed by atoms with van der Waals surface area (Å²) in [6.45, 7) is 0. The van der Waals surface area contributed by atoms with Gasteiger partial charge in [-0.15, -0.1) is 0 Å². The summed E-state index contributed by atoms with van der Waals surface area (Å²) in [4.78, 5) is 0.00395. The zero-order chi connectivity index (χ0) is 14.8. The second-order valence-corrected chi connectivity index (χ2v) is 5.95. The number of nitrogens with one attached hydrogen (secondary N) is 2. The Balaban J connectivity index is 2.47. The lowest BCUT2D eigenvalue weighted by Gasteiger charge is -2.13. The van der Waals surface area contributed by atoms with Crippen molar-refractivity contribution in [1.29, 1.82) is 0 Å². The molecule has 5 nitrogen and oxygen atoms in total. The molecule has 4 N–H and O–H groups in total. The Kier molecular flexibility index (Phi) is 3.91. The van der Waals surface area contributed by atoms with Gasteiger partial charge in [0.15, 0.2) is 0 Å². The first-order valence-electron chi connectivity index (χ1n) is 5.78. The molecule has 0 unspecified atom stereocenters. The Bertz CT molecular complexity index is 732. The van der Waals surface area contributed by atoms with Crippen molar-refractivity contribution >= 4 is 27.1 Å². The van der Waals surface area contributed by atoms with Crippen molar-refractivity contribution in [3.8, 4) is 0 Å². The molecule has 20 heavy (non-hydrogen) atoms. The highest BCUT2D eigenvalue weighted by Crippen LogP contribution is 2.27. The van der Waals surface area contributed by atoms with Crippen LogP contribution in [-0.4, -0.2) is 15.5 Å². The highest BCUT2D eigenvalue weighted by atomic mass is 32.2. The summed E-state index contributed by atoms with van der Waals surface area (Å²) in [7, 11) is -2.36. The van der Waals surface area contributed by atoms with Gasteiger partial charge in [-0.05, 0) is 43.4 Å². The van der Waals surface area contributed by atoms with E-state index in [4.69, 9.17) is 5.73 Å². The summed E-state index contributed by atoms with van der Waals surface area (Å²) in [6.07, 6.45) is 0. The van der Waals surface area contributed by atoms with Gasteiger partial charge < -0.3 is 11.1 Å². The summed E-state index contributed by atoms with van der Waals surface area (Å²) >= 11 is 0. The molecule has 0 aliphatic rings. The van der Waals surface area contributed by atoms with Crippen molar-refractivity contribution < 1.29 is 12.8 Å². The van der Waals surface area contributed by atoms with Gasteiger partial charge in [-0.3, -0.25) is 0 Å². The van der Waals surface area contributed by atoms with Crippen LogP contribution in [0.25, 0.3) is 0 Å². The van der Waals surface area contributed by atoms with Gasteiger partial charge >= 0.3 is 0 Å². The lowest BCUT2D eigenvalue weighted by molar-refractivity contribution is 0.588. The van der Waals surface area contributed by atoms with Crippen LogP contribution in [0.15, 0.2) is 47.4 Å². The van der Waals surface area contributed by atoms with Crippen molar-refractivity contribution in [1.82, 2.24) is 4.72 Å². The second kappa shape index (κ2) is 5.48. The van der Waals surface area contributed by atoms with E-state index in [9.17, 15) is 12.8 Å². The third-order valence-electron chi connectivity index (χ3n) is 2.67. The number of anilines is 3. The van der Waals surface area contributed by atoms with Crippen LogP contribution in [0.4, 0.5) is 21.5 Å². The third kappa shape index (κ3) is 3.06. The summed E-state index contributed by atoms with van der Waals surface area (Å²) in [5.74, 6) is -0.413. The van der Waals surface area contributed by atoms with E-state index in [1.54, 1.807) is 12.1 Å². The summed E-state index contributed by atoms with van der Waals surface area (Å²) in [6, 6.07) is 10.2. The number of sulfonamides is 1. The predicted octanol–water partition coefficient (Wildman–Crippen LogP) is 2.06. The van der Waals surface area contributed by atoms with E-state index in [2.05, 4.69) is 10.0 Å². The standard InChI is InChI=1S/C13H14FN3O2S/c1-16-20(18,19)13-8-10(15)5-6-12(13)17-11-4-2-3-9(14)7-11/h2-8,16-17H,15H2,1H3. The first kappa shape index (κ1) is 14.3. The van der Waals surface area contributed by atoms with Crippen molar-refractivity contribution in [3.05, 3.63) is 48.3 Å². The van der Waals surface area contributed by atoms with Crippen LogP contribution in [-0.2, 0) is 10.0 Å². The molecule has 0 saturated carbocycles. The minimum atomic E-state index is -3.67. The fourth-order valence-corrected chi connectivity index (χ4v) is 2.62. The molecule has 0 radical (unpaired) electrons. The normalized spacial score (nSPS) is 11.3. The molecule has 0 amide bonds. The Morgan fingerprint density at radius 2 is 1.90 bits per heavy atom. The molecule has 0 heterocycles. The molecule has 7 heteroatoms. The first-order valence-corrected chi connectivity index (χ1v) is 7.26. The monoisotopic (exact) mass is 295 g/mol. The van der Waals surface area contributed by atoms with Crippen LogP contribution >= 0.6 is 0 Å². The fraction of sp³-hybridized carbons (Fsp3) is 0.0769. The SMILES string of the molecule is CNS(=O)(=O)c1cc(N)ccc1Nc1cccc(F)c1. The summed E-state index contributed by atoms with van der Waals surface area (Å²) in [5.41, 5.74) is 6.70. The molecule has 2 aromatic carbocycles. The molecule has 0 spiro atoms. The maximum Gasteiger partial charge on any atom is 0.242 e. The molecule has 0 aromatic heterocycles. The number of benzene rings is 2. The maximum atomic E-state index is 13.1. The molecule has 0 bridgehead atoms. The zero-order valence-corrected chi connectivity index (χ0v) is 11.5. The average Bonchev–Trinajstić information content (AvgIpc) is 2.41. The lowest BCUT2D eigenvalue weighted by atomic mass is 10.2. The lowest BCUT2D eigenvalue weighted by Crippen LogP contribution is -2.20. The van der Waals surface area contributed by atoms with Crippen molar-refractivity contribution in [2.75, 3.05) is 18.1 Å². The number of nitrogen functional groups attached to an aromatic ring is 1. The number of nitrogens with two attached hydrogens (primary N) is 1. The van der Waals surface area contributed by atoms with Gasteiger partial charge in [0.05, 0.1) is 5.69 Å². The Hall–Kier alpha value is -2.12. The molecule has 106 valence electrons. The maximum absolute atomic E-state index is 13.1. The average molecular weight is 295 g/mol.